The normalized spacial score (nSPS) is 31.2. The van der Waals surface area contributed by atoms with Crippen LogP contribution in [0, 0.1) is 0 Å². The van der Waals surface area contributed by atoms with Crippen LogP contribution in [0.15, 0.2) is 0 Å². The van der Waals surface area contributed by atoms with Gasteiger partial charge in [-0.05, 0) is 19.8 Å². The van der Waals surface area contributed by atoms with Gasteiger partial charge < -0.3 is 19.7 Å². The zero-order valence-electron chi connectivity index (χ0n) is 14.3. The molecule has 5 heteroatoms. The lowest BCUT2D eigenvalue weighted by molar-refractivity contribution is -0.145. The minimum atomic E-state index is -0.652. The van der Waals surface area contributed by atoms with E-state index in [0.717, 1.165) is 32.1 Å². The first-order valence-corrected chi connectivity index (χ1v) is 9.29. The number of fused-ring (bicyclic) bond motifs is 1. The summed E-state index contributed by atoms with van der Waals surface area (Å²) < 4.78 is 10.8. The molecule has 23 heavy (non-hydrogen) atoms. The van der Waals surface area contributed by atoms with Crippen LogP contribution in [0.3, 0.4) is 0 Å². The van der Waals surface area contributed by atoms with Gasteiger partial charge in [-0.15, -0.1) is 0 Å². The zero-order chi connectivity index (χ0) is 16.7. The number of unbranched alkanes of at least 4 members (excludes halogenated alkanes) is 7. The smallest absolute Gasteiger partial charge is 0.309 e. The highest BCUT2D eigenvalue weighted by Gasteiger charge is 2.50. The standard InChI is InChI=1S/C18H32O5/c1-13(19)10-8-6-4-2-3-5-7-9-11-14-17(21)18-15(22-14)12-16(20)23-18/h13-15,17-19,21H,2-12H2,1H3/t13-,14+,15-,17-,18+/m0/s1. The van der Waals surface area contributed by atoms with Gasteiger partial charge in [0.2, 0.25) is 0 Å². The maximum atomic E-state index is 11.1. The van der Waals surface area contributed by atoms with E-state index in [1.165, 1.54) is 32.1 Å². The molecule has 2 fully saturated rings. The average Bonchev–Trinajstić information content (AvgIpc) is 2.99. The number of aliphatic hydroxyl groups is 2. The molecule has 2 rings (SSSR count). The molecule has 0 aromatic heterocycles. The average molecular weight is 328 g/mol. The van der Waals surface area contributed by atoms with Gasteiger partial charge in [0.1, 0.15) is 12.2 Å². The van der Waals surface area contributed by atoms with Crippen molar-refractivity contribution < 1.29 is 24.5 Å². The summed E-state index contributed by atoms with van der Waals surface area (Å²) in [4.78, 5) is 11.1. The largest absolute Gasteiger partial charge is 0.457 e. The molecule has 0 unspecified atom stereocenters. The van der Waals surface area contributed by atoms with E-state index in [4.69, 9.17) is 9.47 Å². The topological polar surface area (TPSA) is 76.0 Å². The fourth-order valence-electron chi connectivity index (χ4n) is 3.57. The van der Waals surface area contributed by atoms with E-state index < -0.39 is 12.2 Å². The van der Waals surface area contributed by atoms with Crippen LogP contribution in [-0.4, -0.2) is 46.7 Å². The number of hydrogen-bond donors (Lipinski definition) is 2. The van der Waals surface area contributed by atoms with Crippen molar-refractivity contribution in [2.75, 3.05) is 0 Å². The highest BCUT2D eigenvalue weighted by atomic mass is 16.6. The summed E-state index contributed by atoms with van der Waals surface area (Å²) in [5.41, 5.74) is 0. The van der Waals surface area contributed by atoms with E-state index in [2.05, 4.69) is 0 Å². The number of aliphatic hydroxyl groups excluding tert-OH is 2. The van der Waals surface area contributed by atoms with Crippen molar-refractivity contribution in [1.82, 2.24) is 0 Å². The van der Waals surface area contributed by atoms with Gasteiger partial charge in [0.05, 0.1) is 18.6 Å². The minimum absolute atomic E-state index is 0.161. The second-order valence-corrected chi connectivity index (χ2v) is 7.12. The first-order chi connectivity index (χ1) is 11.1. The summed E-state index contributed by atoms with van der Waals surface area (Å²) in [5.74, 6) is -0.258. The molecule has 0 radical (unpaired) electrons. The number of esters is 1. The molecule has 0 bridgehead atoms. The maximum Gasteiger partial charge on any atom is 0.309 e. The summed E-state index contributed by atoms with van der Waals surface area (Å²) in [5, 5.41) is 19.3. The molecule has 5 atom stereocenters. The molecule has 2 N–H and O–H groups in total. The minimum Gasteiger partial charge on any atom is -0.457 e. The van der Waals surface area contributed by atoms with Gasteiger partial charge >= 0.3 is 5.97 Å². The van der Waals surface area contributed by atoms with E-state index in [1.54, 1.807) is 0 Å². The third-order valence-electron chi connectivity index (χ3n) is 4.93. The molecule has 0 aromatic carbocycles. The lowest BCUT2D eigenvalue weighted by Crippen LogP contribution is -2.31. The monoisotopic (exact) mass is 328 g/mol. The Labute approximate surface area is 139 Å². The van der Waals surface area contributed by atoms with Crippen molar-refractivity contribution in [2.45, 2.75) is 108 Å². The molecule has 2 heterocycles. The Morgan fingerprint density at radius 3 is 2.30 bits per heavy atom. The van der Waals surface area contributed by atoms with Crippen LogP contribution in [0.4, 0.5) is 0 Å². The van der Waals surface area contributed by atoms with Crippen LogP contribution in [-0.2, 0) is 14.3 Å². The molecule has 0 saturated carbocycles. The number of ether oxygens (including phenoxy) is 2. The SMILES string of the molecule is C[C@H](O)CCCCCCCCCC[C@H]1O[C@H]2CC(=O)O[C@H]2[C@H]1O. The third kappa shape index (κ3) is 6.05. The summed E-state index contributed by atoms with van der Waals surface area (Å²) in [6.45, 7) is 1.85. The highest BCUT2D eigenvalue weighted by molar-refractivity contribution is 5.72. The van der Waals surface area contributed by atoms with Crippen LogP contribution in [0.25, 0.3) is 0 Å². The van der Waals surface area contributed by atoms with Crippen LogP contribution >= 0.6 is 0 Å². The number of carbonyl (C=O) groups is 1. The molecule has 2 aliphatic heterocycles. The van der Waals surface area contributed by atoms with Crippen molar-refractivity contribution in [2.24, 2.45) is 0 Å². The number of hydrogen-bond acceptors (Lipinski definition) is 5. The molecule has 0 spiro atoms. The Morgan fingerprint density at radius 2 is 1.70 bits per heavy atom. The van der Waals surface area contributed by atoms with Crippen LogP contribution in [0.1, 0.15) is 77.6 Å². The molecular weight excluding hydrogens is 296 g/mol. The predicted octanol–water partition coefficient (Wildman–Crippen LogP) is 2.71. The molecule has 134 valence electrons. The molecule has 0 aromatic rings. The van der Waals surface area contributed by atoms with E-state index >= 15 is 0 Å². The summed E-state index contributed by atoms with van der Waals surface area (Å²) >= 11 is 0. The van der Waals surface area contributed by atoms with Crippen molar-refractivity contribution in [3.8, 4) is 0 Å². The van der Waals surface area contributed by atoms with Gasteiger partial charge in [-0.3, -0.25) is 4.79 Å². The van der Waals surface area contributed by atoms with Gasteiger partial charge in [-0.1, -0.05) is 51.4 Å². The first-order valence-electron chi connectivity index (χ1n) is 9.29. The Hall–Kier alpha value is -0.650. The molecule has 2 saturated heterocycles. The third-order valence-corrected chi connectivity index (χ3v) is 4.93. The van der Waals surface area contributed by atoms with Gasteiger partial charge in [0.25, 0.3) is 0 Å². The molecular formula is C18H32O5. The van der Waals surface area contributed by atoms with E-state index in [9.17, 15) is 15.0 Å². The Balaban J connectivity index is 1.42. The van der Waals surface area contributed by atoms with Crippen molar-refractivity contribution in [3.63, 3.8) is 0 Å². The summed E-state index contributed by atoms with van der Waals surface area (Å²) in [7, 11) is 0. The van der Waals surface area contributed by atoms with E-state index in [-0.39, 0.29) is 30.7 Å². The summed E-state index contributed by atoms with van der Waals surface area (Å²) in [6.07, 6.45) is 9.96. The zero-order valence-corrected chi connectivity index (χ0v) is 14.3. The van der Waals surface area contributed by atoms with Gasteiger partial charge in [0.15, 0.2) is 6.10 Å². The molecule has 2 aliphatic rings. The Kier molecular flexibility index (Phi) is 7.80. The van der Waals surface area contributed by atoms with Crippen molar-refractivity contribution in [1.29, 1.82) is 0 Å². The first kappa shape index (κ1) is 18.7. The van der Waals surface area contributed by atoms with E-state index in [0.29, 0.717) is 0 Å². The quantitative estimate of drug-likeness (QED) is 0.450. The lowest BCUT2D eigenvalue weighted by Gasteiger charge is -2.16. The highest BCUT2D eigenvalue weighted by Crippen LogP contribution is 2.33. The van der Waals surface area contributed by atoms with Crippen LogP contribution < -0.4 is 0 Å². The van der Waals surface area contributed by atoms with Gasteiger partial charge in [-0.2, -0.15) is 0 Å². The van der Waals surface area contributed by atoms with Crippen LogP contribution in [0.2, 0.25) is 0 Å². The van der Waals surface area contributed by atoms with Crippen molar-refractivity contribution in [3.05, 3.63) is 0 Å². The van der Waals surface area contributed by atoms with Crippen LogP contribution in [0.5, 0.6) is 0 Å². The Bertz CT molecular complexity index is 357. The second-order valence-electron chi connectivity index (χ2n) is 7.12. The van der Waals surface area contributed by atoms with Crippen molar-refractivity contribution >= 4 is 5.97 Å². The number of carbonyl (C=O) groups excluding carboxylic acids is 1. The molecule has 5 nitrogen and oxygen atoms in total. The fraction of sp³-hybridized carbons (Fsp3) is 0.944. The lowest BCUT2D eigenvalue weighted by atomic mass is 10.0. The van der Waals surface area contributed by atoms with Gasteiger partial charge in [0, 0.05) is 0 Å². The fourth-order valence-corrected chi connectivity index (χ4v) is 3.57. The molecule has 0 aliphatic carbocycles. The van der Waals surface area contributed by atoms with Gasteiger partial charge in [-0.25, -0.2) is 0 Å². The van der Waals surface area contributed by atoms with E-state index in [1.807, 2.05) is 6.92 Å². The maximum absolute atomic E-state index is 11.1. The Morgan fingerprint density at radius 1 is 1.09 bits per heavy atom. The number of rotatable bonds is 11. The summed E-state index contributed by atoms with van der Waals surface area (Å²) in [6, 6.07) is 0. The predicted molar refractivity (Wildman–Crippen MR) is 87.0 cm³/mol. The molecule has 0 amide bonds. The second kappa shape index (κ2) is 9.60.